The number of rotatable bonds is 7. The highest BCUT2D eigenvalue weighted by molar-refractivity contribution is 14.0. The number of halogens is 1. The summed E-state index contributed by atoms with van der Waals surface area (Å²) in [6.07, 6.45) is 3.86. The number of piperazine rings is 1. The van der Waals surface area contributed by atoms with Gasteiger partial charge in [-0.2, -0.15) is 0 Å². The maximum Gasteiger partial charge on any atom is 0.219 e. The van der Waals surface area contributed by atoms with Crippen molar-refractivity contribution < 1.29 is 9.53 Å². The molecule has 1 aromatic rings. The van der Waals surface area contributed by atoms with Crippen molar-refractivity contribution in [3.63, 3.8) is 0 Å². The number of carbonyl (C=O) groups is 1. The molecule has 1 saturated heterocycles. The van der Waals surface area contributed by atoms with E-state index in [1.807, 2.05) is 17.0 Å². The van der Waals surface area contributed by atoms with E-state index in [9.17, 15) is 4.79 Å². The van der Waals surface area contributed by atoms with Gasteiger partial charge in [0.05, 0.1) is 13.2 Å². The molecule has 0 saturated carbocycles. The van der Waals surface area contributed by atoms with Crippen molar-refractivity contribution in [1.29, 1.82) is 0 Å². The predicted octanol–water partition coefficient (Wildman–Crippen LogP) is 2.51. The second-order valence-corrected chi connectivity index (χ2v) is 6.33. The van der Waals surface area contributed by atoms with Crippen molar-refractivity contribution in [3.8, 4) is 5.88 Å². The largest absolute Gasteiger partial charge is 0.477 e. The van der Waals surface area contributed by atoms with Crippen LogP contribution in [0, 0.1) is 0 Å². The number of pyridine rings is 1. The highest BCUT2D eigenvalue weighted by Gasteiger charge is 2.20. The Morgan fingerprint density at radius 2 is 1.96 bits per heavy atom. The molecule has 2 rings (SSSR count). The lowest BCUT2D eigenvalue weighted by molar-refractivity contribution is -0.130. The summed E-state index contributed by atoms with van der Waals surface area (Å²) in [5.41, 5.74) is 0.987. The molecule has 152 valence electrons. The third-order valence-electron chi connectivity index (χ3n) is 4.35. The molecule has 0 bridgehead atoms. The molecule has 1 amide bonds. The molecule has 0 atom stereocenters. The van der Waals surface area contributed by atoms with Gasteiger partial charge in [0.1, 0.15) is 0 Å². The van der Waals surface area contributed by atoms with Gasteiger partial charge in [-0.15, -0.1) is 24.0 Å². The first kappa shape index (κ1) is 23.5. The molecule has 0 unspecified atom stereocenters. The Kier molecular flexibility index (Phi) is 11.1. The second-order valence-electron chi connectivity index (χ2n) is 6.33. The van der Waals surface area contributed by atoms with E-state index in [0.717, 1.165) is 57.1 Å². The van der Waals surface area contributed by atoms with E-state index in [-0.39, 0.29) is 29.9 Å². The highest BCUT2D eigenvalue weighted by Crippen LogP contribution is 2.16. The van der Waals surface area contributed by atoms with E-state index in [0.29, 0.717) is 19.0 Å². The fourth-order valence-electron chi connectivity index (χ4n) is 2.81. The fourth-order valence-corrected chi connectivity index (χ4v) is 2.81. The summed E-state index contributed by atoms with van der Waals surface area (Å²) < 4.78 is 5.80. The van der Waals surface area contributed by atoms with Crippen LogP contribution in [0.15, 0.2) is 23.3 Å². The molecule has 0 aromatic carbocycles. The monoisotopic (exact) mass is 489 g/mol. The van der Waals surface area contributed by atoms with Gasteiger partial charge in [0, 0.05) is 51.4 Å². The van der Waals surface area contributed by atoms with Gasteiger partial charge in [0.15, 0.2) is 5.96 Å². The van der Waals surface area contributed by atoms with E-state index < -0.39 is 0 Å². The molecule has 8 heteroatoms. The first-order valence-electron chi connectivity index (χ1n) is 9.51. The number of nitrogens with one attached hydrogen (secondary N) is 1. The van der Waals surface area contributed by atoms with E-state index in [4.69, 9.17) is 9.73 Å². The average Bonchev–Trinajstić information content (AvgIpc) is 2.66. The number of amides is 1. The number of ether oxygens (including phenoxy) is 1. The Morgan fingerprint density at radius 3 is 2.59 bits per heavy atom. The van der Waals surface area contributed by atoms with Gasteiger partial charge >= 0.3 is 0 Å². The molecule has 1 aliphatic rings. The van der Waals surface area contributed by atoms with E-state index >= 15 is 0 Å². The van der Waals surface area contributed by atoms with Crippen molar-refractivity contribution in [2.24, 2.45) is 4.99 Å². The molecule has 1 aliphatic heterocycles. The molecule has 0 radical (unpaired) electrons. The van der Waals surface area contributed by atoms with Gasteiger partial charge in [-0.3, -0.25) is 4.79 Å². The molecule has 0 aliphatic carbocycles. The van der Waals surface area contributed by atoms with Crippen LogP contribution >= 0.6 is 24.0 Å². The smallest absolute Gasteiger partial charge is 0.219 e. The Balaban J connectivity index is 0.00000364. The Labute approximate surface area is 179 Å². The maximum absolute atomic E-state index is 11.5. The second kappa shape index (κ2) is 12.7. The molecule has 1 aromatic heterocycles. The SMILES string of the molecule is CCCCOc1ncccc1CN=C(NCC)N1CCN(C(C)=O)CC1.I. The van der Waals surface area contributed by atoms with Crippen molar-refractivity contribution in [1.82, 2.24) is 20.1 Å². The zero-order valence-electron chi connectivity index (χ0n) is 16.6. The van der Waals surface area contributed by atoms with Crippen LogP contribution in [-0.2, 0) is 11.3 Å². The van der Waals surface area contributed by atoms with Crippen molar-refractivity contribution in [2.45, 2.75) is 40.2 Å². The number of carbonyl (C=O) groups excluding carboxylic acids is 1. The average molecular weight is 489 g/mol. The van der Waals surface area contributed by atoms with Crippen LogP contribution in [0.25, 0.3) is 0 Å². The molecule has 1 fully saturated rings. The van der Waals surface area contributed by atoms with E-state index in [1.54, 1.807) is 13.1 Å². The first-order valence-corrected chi connectivity index (χ1v) is 9.51. The quantitative estimate of drug-likeness (QED) is 0.276. The molecule has 27 heavy (non-hydrogen) atoms. The van der Waals surface area contributed by atoms with Gasteiger partial charge in [0.25, 0.3) is 0 Å². The van der Waals surface area contributed by atoms with E-state index in [1.165, 1.54) is 0 Å². The number of aromatic nitrogens is 1. The molecule has 7 nitrogen and oxygen atoms in total. The Hall–Kier alpha value is -1.58. The minimum atomic E-state index is 0. The van der Waals surface area contributed by atoms with E-state index in [2.05, 4.69) is 29.0 Å². The number of unbranched alkanes of at least 4 members (excludes halogenated alkanes) is 1. The van der Waals surface area contributed by atoms with Crippen LogP contribution in [0.5, 0.6) is 5.88 Å². The molecular formula is C19H32IN5O2. The third kappa shape index (κ3) is 7.51. The molecule has 1 N–H and O–H groups in total. The lowest BCUT2D eigenvalue weighted by Gasteiger charge is -2.36. The topological polar surface area (TPSA) is 70.1 Å². The Bertz CT molecular complexity index is 604. The van der Waals surface area contributed by atoms with Crippen LogP contribution in [0.1, 0.15) is 39.2 Å². The Morgan fingerprint density at radius 1 is 1.26 bits per heavy atom. The van der Waals surface area contributed by atoms with Crippen molar-refractivity contribution in [3.05, 3.63) is 23.9 Å². The van der Waals surface area contributed by atoms with Crippen molar-refractivity contribution >= 4 is 35.8 Å². The van der Waals surface area contributed by atoms with Crippen molar-refractivity contribution in [2.75, 3.05) is 39.3 Å². The lowest BCUT2D eigenvalue weighted by atomic mass is 10.2. The minimum absolute atomic E-state index is 0. The summed E-state index contributed by atoms with van der Waals surface area (Å²) in [5.74, 6) is 1.68. The summed E-state index contributed by atoms with van der Waals surface area (Å²) in [6.45, 7) is 10.9. The predicted molar refractivity (Wildman–Crippen MR) is 119 cm³/mol. The van der Waals surface area contributed by atoms with Crippen LogP contribution < -0.4 is 10.1 Å². The van der Waals surface area contributed by atoms with Gasteiger partial charge in [0.2, 0.25) is 11.8 Å². The number of nitrogens with zero attached hydrogens (tertiary/aromatic N) is 4. The standard InChI is InChI=1S/C19H31N5O2.HI/c1-4-6-14-26-18-17(8-7-9-21-18)15-22-19(20-5-2)24-12-10-23(11-13-24)16(3)25;/h7-9H,4-6,10-15H2,1-3H3,(H,20,22);1H. The zero-order chi connectivity index (χ0) is 18.8. The van der Waals surface area contributed by atoms with Crippen LogP contribution in [-0.4, -0.2) is 66.0 Å². The lowest BCUT2D eigenvalue weighted by Crippen LogP contribution is -2.53. The molecule has 2 heterocycles. The highest BCUT2D eigenvalue weighted by atomic mass is 127. The summed E-state index contributed by atoms with van der Waals surface area (Å²) in [6, 6.07) is 3.92. The maximum atomic E-state index is 11.5. The molecular weight excluding hydrogens is 457 g/mol. The number of hydrogen-bond acceptors (Lipinski definition) is 4. The van der Waals surface area contributed by atoms with Gasteiger partial charge in [-0.05, 0) is 19.4 Å². The third-order valence-corrected chi connectivity index (χ3v) is 4.35. The van der Waals surface area contributed by atoms with Crippen LogP contribution in [0.4, 0.5) is 0 Å². The number of guanidine groups is 1. The number of hydrogen-bond donors (Lipinski definition) is 1. The first-order chi connectivity index (χ1) is 12.7. The zero-order valence-corrected chi connectivity index (χ0v) is 18.9. The number of aliphatic imine (C=N–C) groups is 1. The normalized spacial score (nSPS) is 14.6. The summed E-state index contributed by atoms with van der Waals surface area (Å²) in [7, 11) is 0. The van der Waals surface area contributed by atoms with Crippen LogP contribution in [0.2, 0.25) is 0 Å². The molecule has 0 spiro atoms. The van der Waals surface area contributed by atoms with Crippen LogP contribution in [0.3, 0.4) is 0 Å². The summed E-state index contributed by atoms with van der Waals surface area (Å²) in [4.78, 5) is 24.7. The van der Waals surface area contributed by atoms with Gasteiger partial charge in [-0.25, -0.2) is 9.98 Å². The minimum Gasteiger partial charge on any atom is -0.477 e. The van der Waals surface area contributed by atoms with Gasteiger partial charge in [-0.1, -0.05) is 19.4 Å². The van der Waals surface area contributed by atoms with Gasteiger partial charge < -0.3 is 19.9 Å². The summed E-state index contributed by atoms with van der Waals surface area (Å²) in [5, 5.41) is 3.35. The summed E-state index contributed by atoms with van der Waals surface area (Å²) >= 11 is 0. The fraction of sp³-hybridized carbons (Fsp3) is 0.632.